The largest absolute Gasteiger partial charge is 0.394 e. The van der Waals surface area contributed by atoms with Gasteiger partial charge in [0.25, 0.3) is 5.91 Å². The lowest BCUT2D eigenvalue weighted by Crippen LogP contribution is -2.35. The van der Waals surface area contributed by atoms with Crippen LogP contribution in [0.25, 0.3) is 0 Å². The van der Waals surface area contributed by atoms with Crippen molar-refractivity contribution in [3.63, 3.8) is 0 Å². The fourth-order valence-electron chi connectivity index (χ4n) is 1.82. The van der Waals surface area contributed by atoms with Gasteiger partial charge in [-0.05, 0) is 43.0 Å². The number of rotatable bonds is 4. The van der Waals surface area contributed by atoms with E-state index in [0.29, 0.717) is 11.5 Å². The minimum atomic E-state index is -0.215. The number of hydrogen-bond donors (Lipinski definition) is 2. The first-order chi connectivity index (χ1) is 7.95. The van der Waals surface area contributed by atoms with Gasteiger partial charge in [-0.2, -0.15) is 0 Å². The van der Waals surface area contributed by atoms with Crippen molar-refractivity contribution in [2.24, 2.45) is 0 Å². The molecule has 1 aromatic rings. The number of aliphatic hydroxyl groups excluding tert-OH is 1. The quantitative estimate of drug-likeness (QED) is 0.840. The molecule has 0 heterocycles. The second-order valence-electron chi connectivity index (χ2n) is 4.78. The second-order valence-corrected chi connectivity index (χ2v) is 4.78. The standard InChI is InChI=1S/C14H21NO2/c1-9(2)13-6-5-12(7-10(13)3)14(17)15-11(4)8-16/h5-7,9,11,16H,8H2,1-4H3,(H,15,17). The zero-order chi connectivity index (χ0) is 13.0. The third kappa shape index (κ3) is 3.56. The van der Waals surface area contributed by atoms with E-state index in [-0.39, 0.29) is 18.6 Å². The summed E-state index contributed by atoms with van der Waals surface area (Å²) >= 11 is 0. The Morgan fingerprint density at radius 2 is 2.00 bits per heavy atom. The lowest BCUT2D eigenvalue weighted by atomic mass is 9.96. The minimum Gasteiger partial charge on any atom is -0.394 e. The summed E-state index contributed by atoms with van der Waals surface area (Å²) in [4.78, 5) is 11.8. The van der Waals surface area contributed by atoms with Gasteiger partial charge in [0, 0.05) is 11.6 Å². The van der Waals surface area contributed by atoms with Crippen LogP contribution in [0.3, 0.4) is 0 Å². The van der Waals surface area contributed by atoms with E-state index < -0.39 is 0 Å². The number of carbonyl (C=O) groups excluding carboxylic acids is 1. The van der Waals surface area contributed by atoms with Crippen LogP contribution >= 0.6 is 0 Å². The monoisotopic (exact) mass is 235 g/mol. The molecule has 0 saturated carbocycles. The van der Waals surface area contributed by atoms with Crippen LogP contribution in [0.5, 0.6) is 0 Å². The van der Waals surface area contributed by atoms with Crippen LogP contribution in [-0.4, -0.2) is 23.7 Å². The molecule has 0 bridgehead atoms. The number of aryl methyl sites for hydroxylation is 1. The van der Waals surface area contributed by atoms with Crippen LogP contribution in [0.2, 0.25) is 0 Å². The van der Waals surface area contributed by atoms with Gasteiger partial charge in [-0.15, -0.1) is 0 Å². The highest BCUT2D eigenvalue weighted by molar-refractivity contribution is 5.94. The molecule has 0 spiro atoms. The summed E-state index contributed by atoms with van der Waals surface area (Å²) in [5.41, 5.74) is 3.04. The molecular formula is C14H21NO2. The van der Waals surface area contributed by atoms with Crippen molar-refractivity contribution >= 4 is 5.91 Å². The van der Waals surface area contributed by atoms with Crippen molar-refractivity contribution in [3.8, 4) is 0 Å². The van der Waals surface area contributed by atoms with E-state index in [0.717, 1.165) is 5.56 Å². The minimum absolute atomic E-state index is 0.0468. The zero-order valence-electron chi connectivity index (χ0n) is 10.9. The van der Waals surface area contributed by atoms with Crippen molar-refractivity contribution in [1.29, 1.82) is 0 Å². The lowest BCUT2D eigenvalue weighted by molar-refractivity contribution is 0.0922. The van der Waals surface area contributed by atoms with Crippen LogP contribution in [0.4, 0.5) is 0 Å². The van der Waals surface area contributed by atoms with E-state index >= 15 is 0 Å². The van der Waals surface area contributed by atoms with Gasteiger partial charge < -0.3 is 10.4 Å². The molecule has 0 radical (unpaired) electrons. The van der Waals surface area contributed by atoms with Gasteiger partial charge in [0.2, 0.25) is 0 Å². The van der Waals surface area contributed by atoms with Crippen molar-refractivity contribution in [3.05, 3.63) is 34.9 Å². The smallest absolute Gasteiger partial charge is 0.251 e. The number of aliphatic hydroxyl groups is 1. The number of carbonyl (C=O) groups is 1. The molecule has 3 nitrogen and oxygen atoms in total. The Bertz CT molecular complexity index is 399. The Morgan fingerprint density at radius 1 is 1.35 bits per heavy atom. The Hall–Kier alpha value is -1.35. The predicted molar refractivity (Wildman–Crippen MR) is 69.3 cm³/mol. The molecule has 3 heteroatoms. The summed E-state index contributed by atoms with van der Waals surface area (Å²) in [5, 5.41) is 11.6. The summed E-state index contributed by atoms with van der Waals surface area (Å²) in [6.07, 6.45) is 0. The molecular weight excluding hydrogens is 214 g/mol. The van der Waals surface area contributed by atoms with Crippen molar-refractivity contribution in [1.82, 2.24) is 5.32 Å². The third-order valence-corrected chi connectivity index (χ3v) is 2.81. The highest BCUT2D eigenvalue weighted by atomic mass is 16.3. The van der Waals surface area contributed by atoms with Crippen LogP contribution in [-0.2, 0) is 0 Å². The van der Waals surface area contributed by atoms with E-state index in [1.165, 1.54) is 5.56 Å². The van der Waals surface area contributed by atoms with Crippen LogP contribution in [0.15, 0.2) is 18.2 Å². The van der Waals surface area contributed by atoms with E-state index in [1.807, 2.05) is 25.1 Å². The van der Waals surface area contributed by atoms with Gasteiger partial charge >= 0.3 is 0 Å². The molecule has 1 rings (SSSR count). The zero-order valence-corrected chi connectivity index (χ0v) is 10.9. The van der Waals surface area contributed by atoms with Gasteiger partial charge in [0.15, 0.2) is 0 Å². The Morgan fingerprint density at radius 3 is 2.47 bits per heavy atom. The van der Waals surface area contributed by atoms with Crippen LogP contribution < -0.4 is 5.32 Å². The average molecular weight is 235 g/mol. The SMILES string of the molecule is Cc1cc(C(=O)NC(C)CO)ccc1C(C)C. The normalized spacial score (nSPS) is 12.6. The Labute approximate surface area is 103 Å². The molecule has 0 aliphatic rings. The van der Waals surface area contributed by atoms with E-state index in [1.54, 1.807) is 6.92 Å². The second kappa shape index (κ2) is 5.82. The van der Waals surface area contributed by atoms with Crippen LogP contribution in [0.1, 0.15) is 48.2 Å². The average Bonchev–Trinajstić information content (AvgIpc) is 2.28. The molecule has 0 aliphatic heterocycles. The fraction of sp³-hybridized carbons (Fsp3) is 0.500. The molecule has 17 heavy (non-hydrogen) atoms. The predicted octanol–water partition coefficient (Wildman–Crippen LogP) is 2.23. The molecule has 1 atom stereocenters. The summed E-state index contributed by atoms with van der Waals surface area (Å²) in [5.74, 6) is 0.327. The number of nitrogens with one attached hydrogen (secondary N) is 1. The van der Waals surface area contributed by atoms with E-state index in [2.05, 4.69) is 19.2 Å². The highest BCUT2D eigenvalue weighted by Gasteiger charge is 2.11. The molecule has 2 N–H and O–H groups in total. The van der Waals surface area contributed by atoms with Crippen molar-refractivity contribution in [2.75, 3.05) is 6.61 Å². The Kier molecular flexibility index (Phi) is 4.70. The number of benzene rings is 1. The summed E-state index contributed by atoms with van der Waals surface area (Å²) < 4.78 is 0. The summed E-state index contributed by atoms with van der Waals surface area (Å²) in [6.45, 7) is 8.01. The number of amides is 1. The first-order valence-electron chi connectivity index (χ1n) is 5.98. The summed E-state index contributed by atoms with van der Waals surface area (Å²) in [7, 11) is 0. The van der Waals surface area contributed by atoms with Gasteiger partial charge in [0.1, 0.15) is 0 Å². The third-order valence-electron chi connectivity index (χ3n) is 2.81. The maximum Gasteiger partial charge on any atom is 0.251 e. The molecule has 1 aromatic carbocycles. The maximum atomic E-state index is 11.8. The first kappa shape index (κ1) is 13.7. The molecule has 0 fully saturated rings. The molecule has 1 amide bonds. The topological polar surface area (TPSA) is 49.3 Å². The lowest BCUT2D eigenvalue weighted by Gasteiger charge is -2.13. The number of hydrogen-bond acceptors (Lipinski definition) is 2. The summed E-state index contributed by atoms with van der Waals surface area (Å²) in [6, 6.07) is 5.52. The maximum absolute atomic E-state index is 11.8. The Balaban J connectivity index is 2.86. The van der Waals surface area contributed by atoms with Crippen molar-refractivity contribution in [2.45, 2.75) is 39.7 Å². The molecule has 0 saturated heterocycles. The molecule has 94 valence electrons. The van der Waals surface area contributed by atoms with Gasteiger partial charge in [-0.3, -0.25) is 4.79 Å². The van der Waals surface area contributed by atoms with Gasteiger partial charge in [0.05, 0.1) is 6.61 Å². The fourth-order valence-corrected chi connectivity index (χ4v) is 1.82. The van der Waals surface area contributed by atoms with Crippen molar-refractivity contribution < 1.29 is 9.90 Å². The molecule has 1 unspecified atom stereocenters. The van der Waals surface area contributed by atoms with E-state index in [4.69, 9.17) is 5.11 Å². The van der Waals surface area contributed by atoms with E-state index in [9.17, 15) is 4.79 Å². The highest BCUT2D eigenvalue weighted by Crippen LogP contribution is 2.19. The molecule has 0 aliphatic carbocycles. The van der Waals surface area contributed by atoms with Gasteiger partial charge in [-0.25, -0.2) is 0 Å². The van der Waals surface area contributed by atoms with Gasteiger partial charge in [-0.1, -0.05) is 19.9 Å². The first-order valence-corrected chi connectivity index (χ1v) is 5.98. The van der Waals surface area contributed by atoms with Crippen LogP contribution in [0, 0.1) is 6.92 Å². The molecule has 0 aromatic heterocycles.